The molecule has 1 heterocycles. The van der Waals surface area contributed by atoms with Gasteiger partial charge in [0, 0.05) is 21.8 Å². The minimum absolute atomic E-state index is 0.0106. The molecule has 0 aliphatic carbocycles. The average molecular weight is 476 g/mol. The van der Waals surface area contributed by atoms with Gasteiger partial charge < -0.3 is 5.32 Å². The first-order valence-electron chi connectivity index (χ1n) is 8.64. The number of benzene rings is 2. The summed E-state index contributed by atoms with van der Waals surface area (Å²) < 4.78 is 79.2. The van der Waals surface area contributed by atoms with Crippen LogP contribution in [0.1, 0.15) is 21.6 Å². The highest BCUT2D eigenvalue weighted by Gasteiger charge is 2.36. The number of guanidine groups is 1. The van der Waals surface area contributed by atoms with Gasteiger partial charge in [-0.1, -0.05) is 11.6 Å². The number of carbonyl (C=O) groups excluding carboxylic acids is 1. The predicted molar refractivity (Wildman–Crippen MR) is 104 cm³/mol. The zero-order valence-electron chi connectivity index (χ0n) is 15.9. The first kappa shape index (κ1) is 23.1. The second-order valence-electron chi connectivity index (χ2n) is 6.37. The van der Waals surface area contributed by atoms with Crippen molar-refractivity contribution >= 4 is 35.0 Å². The third kappa shape index (κ3) is 5.38. The zero-order valence-corrected chi connectivity index (χ0v) is 16.7. The van der Waals surface area contributed by atoms with Gasteiger partial charge in [-0.05, 0) is 43.3 Å². The van der Waals surface area contributed by atoms with E-state index in [9.17, 15) is 31.1 Å². The van der Waals surface area contributed by atoms with Gasteiger partial charge in [0.25, 0.3) is 5.91 Å². The van der Waals surface area contributed by atoms with Gasteiger partial charge >= 0.3 is 6.18 Å². The Morgan fingerprint density at radius 2 is 1.81 bits per heavy atom. The lowest BCUT2D eigenvalue weighted by Gasteiger charge is -2.12. The number of aromatic amines is 1. The summed E-state index contributed by atoms with van der Waals surface area (Å²) in [4.78, 5) is 16.3. The van der Waals surface area contributed by atoms with Crippen LogP contribution in [-0.4, -0.2) is 22.1 Å². The number of carbonyl (C=O) groups is 1. The van der Waals surface area contributed by atoms with Gasteiger partial charge in [-0.25, -0.2) is 13.2 Å². The first-order valence-corrected chi connectivity index (χ1v) is 9.02. The molecule has 0 bridgehead atoms. The van der Waals surface area contributed by atoms with Crippen molar-refractivity contribution in [3.63, 3.8) is 0 Å². The Morgan fingerprint density at radius 1 is 1.09 bits per heavy atom. The molecule has 2 aromatic carbocycles. The first-order chi connectivity index (χ1) is 14.9. The van der Waals surface area contributed by atoms with E-state index in [0.717, 1.165) is 25.1 Å². The number of hydrogen-bond donors (Lipinski definition) is 3. The van der Waals surface area contributed by atoms with E-state index in [-0.39, 0.29) is 21.8 Å². The van der Waals surface area contributed by atoms with Gasteiger partial charge in [-0.15, -0.1) is 0 Å². The van der Waals surface area contributed by atoms with Gasteiger partial charge in [0.2, 0.25) is 5.96 Å². The smallest absolute Gasteiger partial charge is 0.325 e. The Hall–Kier alpha value is -3.54. The lowest BCUT2D eigenvalue weighted by molar-refractivity contribution is -0.141. The normalized spacial score (nSPS) is 12.1. The molecule has 0 atom stereocenters. The topological polar surface area (TPSA) is 82.2 Å². The molecule has 3 N–H and O–H groups in total. The van der Waals surface area contributed by atoms with Crippen molar-refractivity contribution in [2.75, 3.05) is 5.32 Å². The van der Waals surface area contributed by atoms with Crippen molar-refractivity contribution in [1.82, 2.24) is 15.5 Å². The van der Waals surface area contributed by atoms with E-state index in [1.807, 2.05) is 0 Å². The fourth-order valence-corrected chi connectivity index (χ4v) is 2.77. The summed E-state index contributed by atoms with van der Waals surface area (Å²) in [6.07, 6.45) is -4.73. The van der Waals surface area contributed by atoms with E-state index in [0.29, 0.717) is 12.1 Å². The number of amides is 1. The molecule has 0 saturated heterocycles. The van der Waals surface area contributed by atoms with Crippen LogP contribution in [0.15, 0.2) is 41.4 Å². The molecule has 6 nitrogen and oxygen atoms in total. The molecule has 3 aromatic rings. The van der Waals surface area contributed by atoms with Crippen LogP contribution in [0, 0.1) is 24.4 Å². The van der Waals surface area contributed by atoms with Gasteiger partial charge in [0.1, 0.15) is 11.5 Å². The fourth-order valence-electron chi connectivity index (χ4n) is 2.55. The molecule has 0 radical (unpaired) electrons. The van der Waals surface area contributed by atoms with Crippen molar-refractivity contribution in [2.24, 2.45) is 4.99 Å². The maximum Gasteiger partial charge on any atom is 0.433 e. The van der Waals surface area contributed by atoms with Crippen LogP contribution in [0.25, 0.3) is 0 Å². The van der Waals surface area contributed by atoms with E-state index in [1.54, 1.807) is 5.10 Å². The maximum absolute atomic E-state index is 13.6. The summed E-state index contributed by atoms with van der Waals surface area (Å²) in [5, 5.41) is 9.96. The largest absolute Gasteiger partial charge is 0.433 e. The number of rotatable bonds is 3. The summed E-state index contributed by atoms with van der Waals surface area (Å²) in [6.45, 7) is 1.10. The van der Waals surface area contributed by atoms with Crippen molar-refractivity contribution in [3.05, 3.63) is 75.7 Å². The van der Waals surface area contributed by atoms with Crippen LogP contribution >= 0.6 is 11.6 Å². The highest BCUT2D eigenvalue weighted by Crippen LogP contribution is 2.33. The number of alkyl halides is 3. The van der Waals surface area contributed by atoms with Crippen molar-refractivity contribution in [1.29, 1.82) is 0 Å². The molecule has 0 aliphatic heterocycles. The highest BCUT2D eigenvalue weighted by molar-refractivity contribution is 6.31. The molecule has 0 aliphatic rings. The van der Waals surface area contributed by atoms with E-state index in [2.05, 4.69) is 20.7 Å². The van der Waals surface area contributed by atoms with Gasteiger partial charge in [-0.2, -0.15) is 23.3 Å². The molecule has 0 unspecified atom stereocenters. The van der Waals surface area contributed by atoms with Gasteiger partial charge in [0.05, 0.1) is 0 Å². The third-order valence-corrected chi connectivity index (χ3v) is 4.24. The van der Waals surface area contributed by atoms with E-state index >= 15 is 0 Å². The van der Waals surface area contributed by atoms with Gasteiger partial charge in [-0.3, -0.25) is 15.2 Å². The summed E-state index contributed by atoms with van der Waals surface area (Å²) in [5.41, 5.74) is -1.86. The maximum atomic E-state index is 13.6. The lowest BCUT2D eigenvalue weighted by Crippen LogP contribution is -2.36. The zero-order chi connectivity index (χ0) is 23.6. The molecule has 0 saturated carbocycles. The number of halogens is 7. The third-order valence-electron chi connectivity index (χ3n) is 4.02. The number of nitrogens with zero attached hydrogens (tertiary/aromatic N) is 2. The molecule has 168 valence electrons. The lowest BCUT2D eigenvalue weighted by atomic mass is 10.2. The number of anilines is 1. The van der Waals surface area contributed by atoms with Crippen LogP contribution in [0.5, 0.6) is 0 Å². The quantitative estimate of drug-likeness (QED) is 0.272. The Bertz CT molecular complexity index is 1190. The molecule has 13 heteroatoms. The minimum Gasteiger partial charge on any atom is -0.325 e. The number of nitrogens with one attached hydrogen (secondary N) is 3. The van der Waals surface area contributed by atoms with Crippen LogP contribution in [0.3, 0.4) is 0 Å². The Morgan fingerprint density at radius 3 is 2.41 bits per heavy atom. The Kier molecular flexibility index (Phi) is 6.44. The second kappa shape index (κ2) is 8.91. The summed E-state index contributed by atoms with van der Waals surface area (Å²) >= 11 is 5.78. The number of H-pyrrole nitrogens is 1. The molecule has 1 aromatic heterocycles. The minimum atomic E-state index is -4.73. The van der Waals surface area contributed by atoms with Crippen molar-refractivity contribution < 1.29 is 31.1 Å². The number of aliphatic imine (C=N–C) groups is 1. The van der Waals surface area contributed by atoms with Gasteiger partial charge in [0.15, 0.2) is 17.5 Å². The van der Waals surface area contributed by atoms with Crippen LogP contribution < -0.4 is 10.6 Å². The second-order valence-corrected chi connectivity index (χ2v) is 6.81. The molecule has 0 fully saturated rings. The Balaban J connectivity index is 1.99. The van der Waals surface area contributed by atoms with Crippen molar-refractivity contribution in [2.45, 2.75) is 13.1 Å². The Labute approximate surface area is 181 Å². The van der Waals surface area contributed by atoms with E-state index in [1.165, 1.54) is 6.07 Å². The van der Waals surface area contributed by atoms with Crippen molar-refractivity contribution in [3.8, 4) is 0 Å². The number of hydrogen-bond acceptors (Lipinski definition) is 3. The fraction of sp³-hybridized carbons (Fsp3) is 0.105. The predicted octanol–water partition coefficient (Wildman–Crippen LogP) is 5.34. The van der Waals surface area contributed by atoms with E-state index in [4.69, 9.17) is 11.6 Å². The van der Waals surface area contributed by atoms with E-state index < -0.39 is 47.0 Å². The molecular formula is C19H12ClF6N5O. The SMILES string of the molecule is Cc1c(N=C(NC(=O)c2ccc(F)c(F)c2)Nc2cc(F)cc(Cl)c2)n[nH]c1C(F)(F)F. The standard InChI is InChI=1S/C19H12ClF6N5O/c1-8-15(19(24,25)26)30-31-16(8)28-18(27-12-6-10(20)5-11(21)7-12)29-17(32)9-2-3-13(22)14(23)4-9/h2-7H,1H3,(H3,27,28,29,30,31,32). The monoisotopic (exact) mass is 475 g/mol. The molecule has 0 spiro atoms. The summed E-state index contributed by atoms with van der Waals surface area (Å²) in [6, 6.07) is 5.53. The van der Waals surface area contributed by atoms with Crippen LogP contribution in [0.2, 0.25) is 5.02 Å². The van der Waals surface area contributed by atoms with Crippen LogP contribution in [-0.2, 0) is 6.18 Å². The molecule has 1 amide bonds. The summed E-state index contributed by atoms with van der Waals surface area (Å²) in [5.74, 6) is -5.13. The average Bonchev–Trinajstić information content (AvgIpc) is 3.03. The number of aromatic nitrogens is 2. The molecular weight excluding hydrogens is 464 g/mol. The molecule has 3 rings (SSSR count). The van der Waals surface area contributed by atoms with Crippen LogP contribution in [0.4, 0.5) is 37.8 Å². The highest BCUT2D eigenvalue weighted by atomic mass is 35.5. The molecule has 32 heavy (non-hydrogen) atoms. The summed E-state index contributed by atoms with van der Waals surface area (Å²) in [7, 11) is 0.